The first kappa shape index (κ1) is 17.8. The van der Waals surface area contributed by atoms with Gasteiger partial charge in [-0.25, -0.2) is 0 Å². The van der Waals surface area contributed by atoms with E-state index in [2.05, 4.69) is 19.8 Å². The molecule has 0 aromatic carbocycles. The number of terminal acetylenes is 1. The van der Waals surface area contributed by atoms with Crippen LogP contribution >= 0.6 is 0 Å². The summed E-state index contributed by atoms with van der Waals surface area (Å²) in [6.45, 7) is 3.83. The zero-order valence-corrected chi connectivity index (χ0v) is 9.57. The standard InChI is InChI=1S/C8H16O.C2H2.Rh/c1-3-4-5-6-7-8(2)9;1-2;/h3-7H2,1-2H3;1-2H;. The Morgan fingerprint density at radius 3 is 2.00 bits per heavy atom. The van der Waals surface area contributed by atoms with Crippen LogP contribution in [0.5, 0.6) is 0 Å². The van der Waals surface area contributed by atoms with Crippen molar-refractivity contribution < 1.29 is 24.3 Å². The summed E-state index contributed by atoms with van der Waals surface area (Å²) < 4.78 is 0. The van der Waals surface area contributed by atoms with Gasteiger partial charge in [-0.3, -0.25) is 0 Å². The minimum atomic E-state index is 0. The molecule has 0 heterocycles. The number of ketones is 1. The van der Waals surface area contributed by atoms with Crippen LogP contribution in [0.15, 0.2) is 0 Å². The number of Topliss-reactive ketones (excluding diaryl/α,β-unsaturated/α-hetero) is 1. The minimum Gasteiger partial charge on any atom is -0.300 e. The fraction of sp³-hybridized carbons (Fsp3) is 0.700. The fourth-order valence-corrected chi connectivity index (χ4v) is 0.801. The number of hydrogen-bond acceptors (Lipinski definition) is 1. The zero-order chi connectivity index (χ0) is 9.11. The van der Waals surface area contributed by atoms with Crippen molar-refractivity contribution in [2.24, 2.45) is 0 Å². The molecular weight excluding hydrogens is 239 g/mol. The molecule has 0 spiro atoms. The van der Waals surface area contributed by atoms with Crippen LogP contribution in [0.1, 0.15) is 46.0 Å². The molecule has 1 nitrogen and oxygen atoms in total. The van der Waals surface area contributed by atoms with E-state index in [4.69, 9.17) is 0 Å². The van der Waals surface area contributed by atoms with Crippen molar-refractivity contribution in [3.63, 3.8) is 0 Å². The first-order valence-electron chi connectivity index (χ1n) is 4.10. The quantitative estimate of drug-likeness (QED) is 0.420. The van der Waals surface area contributed by atoms with Gasteiger partial charge in [0.1, 0.15) is 5.78 Å². The Hall–Kier alpha value is -0.147. The van der Waals surface area contributed by atoms with Crippen LogP contribution in [0.4, 0.5) is 0 Å². The van der Waals surface area contributed by atoms with Crippen LogP contribution in [-0.2, 0) is 24.3 Å². The van der Waals surface area contributed by atoms with Crippen LogP contribution in [-0.4, -0.2) is 5.78 Å². The second kappa shape index (κ2) is 17.1. The Morgan fingerprint density at radius 1 is 1.17 bits per heavy atom. The molecule has 0 amide bonds. The molecule has 1 radical (unpaired) electrons. The van der Waals surface area contributed by atoms with Crippen LogP contribution in [0.25, 0.3) is 0 Å². The molecule has 0 aliphatic rings. The minimum absolute atomic E-state index is 0. The summed E-state index contributed by atoms with van der Waals surface area (Å²) in [7, 11) is 0. The van der Waals surface area contributed by atoms with Gasteiger partial charge in [0, 0.05) is 25.9 Å². The molecular formula is C10H18ORh. The summed E-state index contributed by atoms with van der Waals surface area (Å²) in [4.78, 5) is 10.4. The number of rotatable bonds is 5. The van der Waals surface area contributed by atoms with E-state index >= 15 is 0 Å². The van der Waals surface area contributed by atoms with Crippen molar-refractivity contribution in [2.45, 2.75) is 46.0 Å². The van der Waals surface area contributed by atoms with Gasteiger partial charge in [0.2, 0.25) is 0 Å². The van der Waals surface area contributed by atoms with E-state index in [0.717, 1.165) is 12.8 Å². The molecule has 0 rings (SSSR count). The summed E-state index contributed by atoms with van der Waals surface area (Å²) in [6.07, 6.45) is 13.6. The molecule has 0 aliphatic heterocycles. The summed E-state index contributed by atoms with van der Waals surface area (Å²) in [6, 6.07) is 0. The molecule has 0 unspecified atom stereocenters. The average Bonchev–Trinajstić information content (AvgIpc) is 2.02. The number of unbranched alkanes of at least 4 members (excludes halogenated alkanes) is 3. The zero-order valence-electron chi connectivity index (χ0n) is 7.93. The van der Waals surface area contributed by atoms with Gasteiger partial charge in [-0.15, -0.1) is 12.8 Å². The molecule has 0 saturated carbocycles. The van der Waals surface area contributed by atoms with E-state index in [1.165, 1.54) is 19.3 Å². The maximum absolute atomic E-state index is 10.4. The first-order valence-corrected chi connectivity index (χ1v) is 4.10. The summed E-state index contributed by atoms with van der Waals surface area (Å²) >= 11 is 0. The van der Waals surface area contributed by atoms with Crippen LogP contribution in [0.3, 0.4) is 0 Å². The Bertz CT molecular complexity index is 108. The third-order valence-corrected chi connectivity index (χ3v) is 1.38. The Kier molecular flexibility index (Phi) is 25.4. The second-order valence-electron chi connectivity index (χ2n) is 2.51. The van der Waals surface area contributed by atoms with Crippen molar-refractivity contribution in [1.29, 1.82) is 0 Å². The predicted octanol–water partition coefficient (Wildman–Crippen LogP) is 2.79. The second-order valence-corrected chi connectivity index (χ2v) is 2.51. The van der Waals surface area contributed by atoms with Gasteiger partial charge in [-0.2, -0.15) is 0 Å². The van der Waals surface area contributed by atoms with E-state index < -0.39 is 0 Å². The van der Waals surface area contributed by atoms with E-state index in [1.807, 2.05) is 0 Å². The Balaban J connectivity index is -0.000000249. The molecule has 2 heteroatoms. The Morgan fingerprint density at radius 2 is 1.67 bits per heavy atom. The largest absolute Gasteiger partial charge is 0.300 e. The van der Waals surface area contributed by atoms with Crippen molar-refractivity contribution in [3.8, 4) is 12.8 Å². The van der Waals surface area contributed by atoms with E-state index in [9.17, 15) is 4.79 Å². The molecule has 0 atom stereocenters. The maximum Gasteiger partial charge on any atom is 0.129 e. The fourth-order valence-electron chi connectivity index (χ4n) is 0.801. The summed E-state index contributed by atoms with van der Waals surface area (Å²) in [5, 5.41) is 0. The molecule has 0 fully saturated rings. The maximum atomic E-state index is 10.4. The van der Waals surface area contributed by atoms with Gasteiger partial charge < -0.3 is 4.79 Å². The predicted molar refractivity (Wildman–Crippen MR) is 49.3 cm³/mol. The summed E-state index contributed by atoms with van der Waals surface area (Å²) in [5.41, 5.74) is 0. The normalized spacial score (nSPS) is 7.33. The third-order valence-electron chi connectivity index (χ3n) is 1.38. The molecule has 0 saturated heterocycles. The third kappa shape index (κ3) is 22.5. The number of carbonyl (C=O) groups is 1. The van der Waals surface area contributed by atoms with Crippen molar-refractivity contribution in [1.82, 2.24) is 0 Å². The average molecular weight is 257 g/mol. The Labute approximate surface area is 89.1 Å². The SMILES string of the molecule is C#C.CCCCCCC(C)=O.[Rh]. The molecule has 0 aromatic heterocycles. The molecule has 0 aliphatic carbocycles. The van der Waals surface area contributed by atoms with Gasteiger partial charge in [0.25, 0.3) is 0 Å². The van der Waals surface area contributed by atoms with Gasteiger partial charge >= 0.3 is 0 Å². The smallest absolute Gasteiger partial charge is 0.129 e. The topological polar surface area (TPSA) is 17.1 Å². The van der Waals surface area contributed by atoms with E-state index in [-0.39, 0.29) is 19.5 Å². The monoisotopic (exact) mass is 257 g/mol. The van der Waals surface area contributed by atoms with Crippen molar-refractivity contribution in [3.05, 3.63) is 0 Å². The van der Waals surface area contributed by atoms with Crippen LogP contribution < -0.4 is 0 Å². The molecule has 0 bridgehead atoms. The molecule has 73 valence electrons. The van der Waals surface area contributed by atoms with Gasteiger partial charge in [-0.05, 0) is 13.3 Å². The van der Waals surface area contributed by atoms with E-state index in [0.29, 0.717) is 5.78 Å². The van der Waals surface area contributed by atoms with Gasteiger partial charge in [-0.1, -0.05) is 26.2 Å². The van der Waals surface area contributed by atoms with E-state index in [1.54, 1.807) is 6.92 Å². The number of carbonyl (C=O) groups excluding carboxylic acids is 1. The summed E-state index contributed by atoms with van der Waals surface area (Å²) in [5.74, 6) is 0.325. The molecule has 12 heavy (non-hydrogen) atoms. The van der Waals surface area contributed by atoms with Gasteiger partial charge in [0.05, 0.1) is 0 Å². The molecule has 0 N–H and O–H groups in total. The molecule has 0 aromatic rings. The van der Waals surface area contributed by atoms with Crippen LogP contribution in [0, 0.1) is 12.8 Å². The first-order chi connectivity index (χ1) is 5.27. The van der Waals surface area contributed by atoms with Gasteiger partial charge in [0.15, 0.2) is 0 Å². The number of hydrogen-bond donors (Lipinski definition) is 0. The van der Waals surface area contributed by atoms with Crippen molar-refractivity contribution in [2.75, 3.05) is 0 Å². The van der Waals surface area contributed by atoms with Crippen molar-refractivity contribution >= 4 is 5.78 Å². The van der Waals surface area contributed by atoms with Crippen LogP contribution in [0.2, 0.25) is 0 Å².